The molecule has 0 aliphatic heterocycles. The van der Waals surface area contributed by atoms with Gasteiger partial charge in [-0.2, -0.15) is 5.26 Å². The maximum atomic E-state index is 13.2. The molecule has 0 aliphatic rings. The van der Waals surface area contributed by atoms with E-state index in [0.717, 1.165) is 18.2 Å². The lowest BCUT2D eigenvalue weighted by molar-refractivity contribution is -0.180. The van der Waals surface area contributed by atoms with Crippen LogP contribution in [0.15, 0.2) is 18.2 Å². The van der Waals surface area contributed by atoms with E-state index in [4.69, 9.17) is 15.2 Å². The van der Waals surface area contributed by atoms with Gasteiger partial charge >= 0.3 is 5.97 Å². The van der Waals surface area contributed by atoms with E-state index >= 15 is 0 Å². The zero-order valence-corrected chi connectivity index (χ0v) is 11.0. The number of carboxylic acid groups (broad SMARTS) is 1. The van der Waals surface area contributed by atoms with Gasteiger partial charge in [-0.15, -0.1) is 0 Å². The molecule has 1 rings (SSSR count). The van der Waals surface area contributed by atoms with Gasteiger partial charge in [-0.3, -0.25) is 14.4 Å². The number of rotatable bonds is 6. The molecule has 0 aromatic heterocycles. The summed E-state index contributed by atoms with van der Waals surface area (Å²) >= 11 is 0. The lowest BCUT2D eigenvalue weighted by atomic mass is 10.1. The SMILES string of the molecule is CON(Cc1ccc(F)c(C#N)c1)C(=O)CC(=O)C(=O)O. The summed E-state index contributed by atoms with van der Waals surface area (Å²) in [5, 5.41) is 17.9. The van der Waals surface area contributed by atoms with Gasteiger partial charge in [0, 0.05) is 0 Å². The molecule has 1 N–H and O–H groups in total. The van der Waals surface area contributed by atoms with Crippen LogP contribution in [0.5, 0.6) is 0 Å². The van der Waals surface area contributed by atoms with Crippen LogP contribution in [-0.4, -0.2) is 34.9 Å². The zero-order chi connectivity index (χ0) is 16.0. The number of benzene rings is 1. The Morgan fingerprint density at radius 3 is 2.62 bits per heavy atom. The Balaban J connectivity index is 2.83. The van der Waals surface area contributed by atoms with Crippen LogP contribution in [0.25, 0.3) is 0 Å². The lowest BCUT2D eigenvalue weighted by Gasteiger charge is -2.19. The van der Waals surface area contributed by atoms with E-state index < -0.39 is 29.9 Å². The van der Waals surface area contributed by atoms with Gasteiger partial charge in [-0.25, -0.2) is 14.2 Å². The molecule has 1 aromatic carbocycles. The van der Waals surface area contributed by atoms with Gasteiger partial charge in [0.15, 0.2) is 0 Å². The third-order valence-corrected chi connectivity index (χ3v) is 2.53. The summed E-state index contributed by atoms with van der Waals surface area (Å²) in [6, 6.07) is 5.29. The first-order chi connectivity index (χ1) is 9.88. The highest BCUT2D eigenvalue weighted by Gasteiger charge is 2.22. The molecule has 0 saturated heterocycles. The van der Waals surface area contributed by atoms with Crippen molar-refractivity contribution in [2.24, 2.45) is 0 Å². The summed E-state index contributed by atoms with van der Waals surface area (Å²) in [5.74, 6) is -4.53. The molecule has 21 heavy (non-hydrogen) atoms. The minimum Gasteiger partial charge on any atom is -0.475 e. The number of amides is 1. The summed E-state index contributed by atoms with van der Waals surface area (Å²) in [5.41, 5.74) is 0.198. The van der Waals surface area contributed by atoms with E-state index in [2.05, 4.69) is 0 Å². The van der Waals surface area contributed by atoms with Crippen molar-refractivity contribution < 1.29 is 28.7 Å². The van der Waals surface area contributed by atoms with Gasteiger partial charge in [0.25, 0.3) is 5.91 Å². The number of hydrogen-bond acceptors (Lipinski definition) is 5. The first-order valence-corrected chi connectivity index (χ1v) is 5.68. The Hall–Kier alpha value is -2.79. The highest BCUT2D eigenvalue weighted by molar-refractivity contribution is 6.36. The third-order valence-electron chi connectivity index (χ3n) is 2.53. The molecule has 0 radical (unpaired) electrons. The van der Waals surface area contributed by atoms with Crippen LogP contribution in [0.1, 0.15) is 17.5 Å². The average Bonchev–Trinajstić information content (AvgIpc) is 2.45. The summed E-state index contributed by atoms with van der Waals surface area (Å²) < 4.78 is 13.2. The van der Waals surface area contributed by atoms with Gasteiger partial charge in [0.1, 0.15) is 11.9 Å². The number of ketones is 1. The fraction of sp³-hybridized carbons (Fsp3) is 0.231. The van der Waals surface area contributed by atoms with Crippen molar-refractivity contribution in [1.82, 2.24) is 5.06 Å². The van der Waals surface area contributed by atoms with Gasteiger partial charge in [0.2, 0.25) is 5.78 Å². The van der Waals surface area contributed by atoms with Crippen LogP contribution in [0.2, 0.25) is 0 Å². The number of aliphatic carboxylic acids is 1. The predicted octanol–water partition coefficient (Wildman–Crippen LogP) is 0.631. The Morgan fingerprint density at radius 1 is 1.43 bits per heavy atom. The van der Waals surface area contributed by atoms with E-state index in [9.17, 15) is 18.8 Å². The number of hydrogen-bond donors (Lipinski definition) is 1. The molecule has 7 nitrogen and oxygen atoms in total. The lowest BCUT2D eigenvalue weighted by Crippen LogP contribution is -2.32. The first kappa shape index (κ1) is 16.3. The summed E-state index contributed by atoms with van der Waals surface area (Å²) in [4.78, 5) is 37.8. The molecule has 0 bridgehead atoms. The van der Waals surface area contributed by atoms with Crippen LogP contribution in [0.3, 0.4) is 0 Å². The Morgan fingerprint density at radius 2 is 2.10 bits per heavy atom. The molecule has 8 heteroatoms. The van der Waals surface area contributed by atoms with E-state index in [0.29, 0.717) is 5.56 Å². The van der Waals surface area contributed by atoms with E-state index in [-0.39, 0.29) is 12.1 Å². The predicted molar refractivity (Wildman–Crippen MR) is 65.9 cm³/mol. The number of carbonyl (C=O) groups excluding carboxylic acids is 2. The number of nitriles is 1. The Bertz CT molecular complexity index is 623. The van der Waals surface area contributed by atoms with Gasteiger partial charge in [0.05, 0.1) is 25.6 Å². The van der Waals surface area contributed by atoms with Crippen LogP contribution >= 0.6 is 0 Å². The molecule has 1 amide bonds. The Labute approximate surface area is 119 Å². The first-order valence-electron chi connectivity index (χ1n) is 5.68. The van der Waals surface area contributed by atoms with Crippen molar-refractivity contribution >= 4 is 17.7 Å². The molecule has 0 atom stereocenters. The van der Waals surface area contributed by atoms with Crippen molar-refractivity contribution in [1.29, 1.82) is 5.26 Å². The second-order valence-electron chi connectivity index (χ2n) is 3.94. The van der Waals surface area contributed by atoms with Gasteiger partial charge < -0.3 is 5.11 Å². The maximum Gasteiger partial charge on any atom is 0.372 e. The van der Waals surface area contributed by atoms with Crippen molar-refractivity contribution in [2.45, 2.75) is 13.0 Å². The molecule has 0 aliphatic carbocycles. The molecular formula is C13H11FN2O5. The van der Waals surface area contributed by atoms with Crippen LogP contribution < -0.4 is 0 Å². The highest BCUT2D eigenvalue weighted by Crippen LogP contribution is 2.12. The van der Waals surface area contributed by atoms with Crippen molar-refractivity contribution in [3.63, 3.8) is 0 Å². The Kier molecular flexibility index (Phi) is 5.51. The largest absolute Gasteiger partial charge is 0.475 e. The van der Waals surface area contributed by atoms with Crippen LogP contribution in [0.4, 0.5) is 4.39 Å². The minimum absolute atomic E-state index is 0.156. The van der Waals surface area contributed by atoms with Gasteiger partial charge in [-0.1, -0.05) is 6.07 Å². The van der Waals surface area contributed by atoms with Crippen molar-refractivity contribution in [2.75, 3.05) is 7.11 Å². The molecule has 110 valence electrons. The number of Topliss-reactive ketones (excluding diaryl/α,β-unsaturated/α-hetero) is 1. The molecule has 0 unspecified atom stereocenters. The number of hydroxylamine groups is 2. The van der Waals surface area contributed by atoms with E-state index in [1.54, 1.807) is 6.07 Å². The number of carboxylic acids is 1. The summed E-state index contributed by atoms with van der Waals surface area (Å²) in [6.45, 7) is -0.156. The number of halogens is 1. The average molecular weight is 294 g/mol. The van der Waals surface area contributed by atoms with Crippen molar-refractivity contribution in [3.8, 4) is 6.07 Å². The van der Waals surface area contributed by atoms with Gasteiger partial charge in [-0.05, 0) is 17.7 Å². The fourth-order valence-electron chi connectivity index (χ4n) is 1.48. The highest BCUT2D eigenvalue weighted by atomic mass is 19.1. The smallest absolute Gasteiger partial charge is 0.372 e. The van der Waals surface area contributed by atoms with Crippen LogP contribution in [0, 0.1) is 17.1 Å². The molecule has 0 spiro atoms. The molecular weight excluding hydrogens is 283 g/mol. The minimum atomic E-state index is -1.71. The molecule has 0 heterocycles. The second kappa shape index (κ2) is 7.12. The van der Waals surface area contributed by atoms with E-state index in [1.165, 1.54) is 12.1 Å². The fourth-order valence-corrected chi connectivity index (χ4v) is 1.48. The standard InChI is InChI=1S/C13H11FN2O5/c1-21-16(12(18)5-11(17)13(19)20)7-8-2-3-10(14)9(4-8)6-15/h2-4H,5,7H2,1H3,(H,19,20). The molecule has 0 fully saturated rings. The topological polar surface area (TPSA) is 108 Å². The third kappa shape index (κ3) is 4.36. The number of nitrogens with zero attached hydrogens (tertiary/aromatic N) is 2. The van der Waals surface area contributed by atoms with E-state index in [1.807, 2.05) is 0 Å². The van der Waals surface area contributed by atoms with Crippen LogP contribution in [-0.2, 0) is 25.8 Å². The van der Waals surface area contributed by atoms with Crippen molar-refractivity contribution in [3.05, 3.63) is 35.1 Å². The monoisotopic (exact) mass is 294 g/mol. The maximum absolute atomic E-state index is 13.2. The molecule has 1 aromatic rings. The number of carbonyl (C=O) groups is 3. The second-order valence-corrected chi connectivity index (χ2v) is 3.94. The summed E-state index contributed by atoms with van der Waals surface area (Å²) in [6.07, 6.45) is -0.852. The molecule has 0 saturated carbocycles. The summed E-state index contributed by atoms with van der Waals surface area (Å²) in [7, 11) is 1.16. The normalized spacial score (nSPS) is 9.76. The zero-order valence-electron chi connectivity index (χ0n) is 11.0. The quantitative estimate of drug-likeness (QED) is 0.468.